The third kappa shape index (κ3) is 2.48. The lowest BCUT2D eigenvalue weighted by molar-refractivity contribution is -0.136. The number of halogens is 3. The van der Waals surface area contributed by atoms with E-state index in [0.29, 0.717) is 0 Å². The molecular formula is C9H7F3NO. The molecule has 1 rings (SSSR count). The SMILES string of the molecule is [CH2]C(=O)Nc1ccccc1C(F)(F)F. The Bertz CT molecular complexity index is 346. The molecule has 1 aromatic carbocycles. The summed E-state index contributed by atoms with van der Waals surface area (Å²) in [6.07, 6.45) is -4.47. The Morgan fingerprint density at radius 3 is 2.36 bits per heavy atom. The fourth-order valence-electron chi connectivity index (χ4n) is 0.990. The Morgan fingerprint density at radius 2 is 1.86 bits per heavy atom. The molecule has 0 unspecified atom stereocenters. The van der Waals surface area contributed by atoms with Crippen LogP contribution in [0.5, 0.6) is 0 Å². The quantitative estimate of drug-likeness (QED) is 0.744. The fraction of sp³-hybridized carbons (Fsp3) is 0.111. The Morgan fingerprint density at radius 1 is 1.29 bits per heavy atom. The van der Waals surface area contributed by atoms with Crippen LogP contribution in [0.15, 0.2) is 24.3 Å². The third-order valence-electron chi connectivity index (χ3n) is 1.51. The minimum Gasteiger partial charge on any atom is -0.325 e. The molecule has 0 aromatic heterocycles. The molecule has 0 saturated heterocycles. The predicted octanol–water partition coefficient (Wildman–Crippen LogP) is 2.48. The van der Waals surface area contributed by atoms with Crippen LogP contribution in [-0.4, -0.2) is 5.91 Å². The second-order valence-corrected chi connectivity index (χ2v) is 2.59. The van der Waals surface area contributed by atoms with Gasteiger partial charge in [-0.25, -0.2) is 0 Å². The van der Waals surface area contributed by atoms with Gasteiger partial charge in [0.2, 0.25) is 5.91 Å². The van der Waals surface area contributed by atoms with Crippen LogP contribution in [0.1, 0.15) is 5.56 Å². The number of para-hydroxylation sites is 1. The number of hydrogen-bond donors (Lipinski definition) is 1. The maximum atomic E-state index is 12.3. The summed E-state index contributed by atoms with van der Waals surface area (Å²) in [5.41, 5.74) is -1.16. The van der Waals surface area contributed by atoms with E-state index in [1.807, 2.05) is 5.32 Å². The van der Waals surface area contributed by atoms with Gasteiger partial charge in [0.05, 0.1) is 11.3 Å². The van der Waals surface area contributed by atoms with Crippen molar-refractivity contribution in [3.8, 4) is 0 Å². The molecule has 1 N–H and O–H groups in total. The van der Waals surface area contributed by atoms with Crippen LogP contribution < -0.4 is 5.32 Å². The third-order valence-corrected chi connectivity index (χ3v) is 1.51. The largest absolute Gasteiger partial charge is 0.418 e. The molecule has 0 saturated carbocycles. The summed E-state index contributed by atoms with van der Waals surface area (Å²) in [5.74, 6) is -0.776. The maximum Gasteiger partial charge on any atom is 0.418 e. The summed E-state index contributed by atoms with van der Waals surface area (Å²) >= 11 is 0. The molecule has 75 valence electrons. The molecule has 0 aliphatic rings. The van der Waals surface area contributed by atoms with Crippen molar-refractivity contribution in [1.29, 1.82) is 0 Å². The van der Waals surface area contributed by atoms with Gasteiger partial charge < -0.3 is 5.32 Å². The molecule has 1 aromatic rings. The number of carbonyl (C=O) groups excluding carboxylic acids is 1. The van der Waals surface area contributed by atoms with Gasteiger partial charge in [0.1, 0.15) is 0 Å². The molecule has 0 atom stereocenters. The Hall–Kier alpha value is -1.52. The first kappa shape index (κ1) is 10.6. The number of anilines is 1. The van der Waals surface area contributed by atoms with Crippen LogP contribution >= 0.6 is 0 Å². The van der Waals surface area contributed by atoms with E-state index in [4.69, 9.17) is 0 Å². The molecule has 0 heterocycles. The van der Waals surface area contributed by atoms with E-state index >= 15 is 0 Å². The van der Waals surface area contributed by atoms with Gasteiger partial charge in [0.15, 0.2) is 0 Å². The number of carbonyl (C=O) groups is 1. The van der Waals surface area contributed by atoms with Gasteiger partial charge in [-0.1, -0.05) is 12.1 Å². The van der Waals surface area contributed by atoms with Gasteiger partial charge >= 0.3 is 6.18 Å². The predicted molar refractivity (Wildman–Crippen MR) is 45.4 cm³/mol. The summed E-state index contributed by atoms with van der Waals surface area (Å²) in [4.78, 5) is 10.5. The monoisotopic (exact) mass is 202 g/mol. The van der Waals surface area contributed by atoms with E-state index in [1.54, 1.807) is 0 Å². The smallest absolute Gasteiger partial charge is 0.325 e. The summed E-state index contributed by atoms with van der Waals surface area (Å²) in [6, 6.07) is 4.72. The van der Waals surface area contributed by atoms with Crippen LogP contribution in [0, 0.1) is 6.92 Å². The van der Waals surface area contributed by atoms with Crippen molar-refractivity contribution in [2.45, 2.75) is 6.18 Å². The molecule has 0 aliphatic carbocycles. The van der Waals surface area contributed by atoms with Crippen LogP contribution in [0.4, 0.5) is 18.9 Å². The summed E-state index contributed by atoms with van der Waals surface area (Å²) in [7, 11) is 0. The van der Waals surface area contributed by atoms with E-state index in [9.17, 15) is 18.0 Å². The van der Waals surface area contributed by atoms with E-state index in [1.165, 1.54) is 18.2 Å². The lowest BCUT2D eigenvalue weighted by atomic mass is 10.1. The Labute approximate surface area is 78.7 Å². The molecule has 0 aliphatic heterocycles. The number of benzene rings is 1. The molecule has 14 heavy (non-hydrogen) atoms. The summed E-state index contributed by atoms with van der Waals surface area (Å²) in [5, 5.41) is 2.01. The van der Waals surface area contributed by atoms with Crippen molar-refractivity contribution in [1.82, 2.24) is 0 Å². The van der Waals surface area contributed by atoms with Crippen LogP contribution in [-0.2, 0) is 11.0 Å². The second kappa shape index (κ2) is 3.69. The van der Waals surface area contributed by atoms with E-state index in [2.05, 4.69) is 6.92 Å². The van der Waals surface area contributed by atoms with E-state index < -0.39 is 17.6 Å². The van der Waals surface area contributed by atoms with Gasteiger partial charge in [-0.2, -0.15) is 13.2 Å². The Kier molecular flexibility index (Phi) is 2.78. The second-order valence-electron chi connectivity index (χ2n) is 2.59. The van der Waals surface area contributed by atoms with Gasteiger partial charge in [-0.15, -0.1) is 0 Å². The van der Waals surface area contributed by atoms with Gasteiger partial charge in [0, 0.05) is 6.92 Å². The number of rotatable bonds is 1. The highest BCUT2D eigenvalue weighted by atomic mass is 19.4. The lowest BCUT2D eigenvalue weighted by Crippen LogP contribution is -2.13. The lowest BCUT2D eigenvalue weighted by Gasteiger charge is -2.11. The van der Waals surface area contributed by atoms with Crippen LogP contribution in [0.25, 0.3) is 0 Å². The van der Waals surface area contributed by atoms with Gasteiger partial charge in [-0.3, -0.25) is 4.79 Å². The standard InChI is InChI=1S/C9H7F3NO/c1-6(14)13-8-5-3-2-4-7(8)9(10,11)12/h2-5H,1H2,(H,13,14). The van der Waals surface area contributed by atoms with Crippen molar-refractivity contribution in [3.63, 3.8) is 0 Å². The topological polar surface area (TPSA) is 29.1 Å². The van der Waals surface area contributed by atoms with Crippen molar-refractivity contribution in [2.24, 2.45) is 0 Å². The fourth-order valence-corrected chi connectivity index (χ4v) is 0.990. The molecule has 1 radical (unpaired) electrons. The number of amides is 1. The highest BCUT2D eigenvalue weighted by molar-refractivity contribution is 5.94. The minimum absolute atomic E-state index is 0.278. The first-order valence-corrected chi connectivity index (χ1v) is 3.70. The molecular weight excluding hydrogens is 195 g/mol. The highest BCUT2D eigenvalue weighted by Crippen LogP contribution is 2.34. The van der Waals surface area contributed by atoms with Crippen molar-refractivity contribution < 1.29 is 18.0 Å². The van der Waals surface area contributed by atoms with Crippen molar-refractivity contribution >= 4 is 11.6 Å². The average molecular weight is 202 g/mol. The number of hydrogen-bond acceptors (Lipinski definition) is 1. The maximum absolute atomic E-state index is 12.3. The minimum atomic E-state index is -4.47. The highest BCUT2D eigenvalue weighted by Gasteiger charge is 2.33. The Balaban J connectivity index is 3.10. The van der Waals surface area contributed by atoms with Crippen molar-refractivity contribution in [3.05, 3.63) is 36.8 Å². The normalized spacial score (nSPS) is 11.1. The molecule has 0 fully saturated rings. The average Bonchev–Trinajstić information content (AvgIpc) is 2.01. The zero-order chi connectivity index (χ0) is 10.8. The molecule has 1 amide bonds. The van der Waals surface area contributed by atoms with Crippen LogP contribution in [0.2, 0.25) is 0 Å². The summed E-state index contributed by atoms with van der Waals surface area (Å²) < 4.78 is 37.0. The van der Waals surface area contributed by atoms with E-state index in [0.717, 1.165) is 6.07 Å². The van der Waals surface area contributed by atoms with Crippen LogP contribution in [0.3, 0.4) is 0 Å². The molecule has 2 nitrogen and oxygen atoms in total. The molecule has 5 heteroatoms. The summed E-state index contributed by atoms with van der Waals surface area (Å²) in [6.45, 7) is 2.94. The van der Waals surface area contributed by atoms with Crippen molar-refractivity contribution in [2.75, 3.05) is 5.32 Å². The van der Waals surface area contributed by atoms with Gasteiger partial charge in [0.25, 0.3) is 0 Å². The zero-order valence-corrected chi connectivity index (χ0v) is 7.06. The zero-order valence-electron chi connectivity index (χ0n) is 7.06. The van der Waals surface area contributed by atoms with E-state index in [-0.39, 0.29) is 5.69 Å². The molecule has 0 bridgehead atoms. The van der Waals surface area contributed by atoms with Gasteiger partial charge in [-0.05, 0) is 12.1 Å². The number of alkyl halides is 3. The first-order valence-electron chi connectivity index (χ1n) is 3.70. The first-order chi connectivity index (χ1) is 6.41. The molecule has 0 spiro atoms. The number of nitrogens with one attached hydrogen (secondary N) is 1.